The molecule has 0 aliphatic heterocycles. The molecule has 0 aromatic heterocycles. The summed E-state index contributed by atoms with van der Waals surface area (Å²) < 4.78 is 0. The first-order valence-corrected chi connectivity index (χ1v) is 11.6. The third kappa shape index (κ3) is 4.42. The minimum Gasteiger partial charge on any atom is -0.298 e. The highest BCUT2D eigenvalue weighted by molar-refractivity contribution is 6.96. The summed E-state index contributed by atoms with van der Waals surface area (Å²) >= 11 is 0. The van der Waals surface area contributed by atoms with E-state index in [4.69, 9.17) is 0 Å². The van der Waals surface area contributed by atoms with Crippen LogP contribution in [-0.2, 0) is 0 Å². The fourth-order valence-corrected chi connectivity index (χ4v) is 7.44. The fourth-order valence-electron chi connectivity index (χ4n) is 3.42. The highest BCUT2D eigenvalue weighted by Crippen LogP contribution is 2.37. The predicted octanol–water partition coefficient (Wildman–Crippen LogP) is 6.51. The molecule has 0 amide bonds. The smallest absolute Gasteiger partial charge is 0.150 e. The van der Waals surface area contributed by atoms with Gasteiger partial charge < -0.3 is 0 Å². The quantitative estimate of drug-likeness (QED) is 0.273. The molecule has 1 rings (SSSR count). The molecule has 0 bridgehead atoms. The largest absolute Gasteiger partial charge is 0.298 e. The number of aldehydes is 1. The topological polar surface area (TPSA) is 17.1 Å². The van der Waals surface area contributed by atoms with Crippen LogP contribution in [0.5, 0.6) is 0 Å². The summed E-state index contributed by atoms with van der Waals surface area (Å²) in [6.45, 7) is 9.25. The van der Waals surface area contributed by atoms with Gasteiger partial charge in [-0.15, -0.1) is 0 Å². The summed E-state index contributed by atoms with van der Waals surface area (Å²) in [6.07, 6.45) is 8.44. The normalized spacial score (nSPS) is 12.5. The van der Waals surface area contributed by atoms with Gasteiger partial charge in [0.05, 0.1) is 8.07 Å². The Hall–Kier alpha value is -1.15. The second-order valence-electron chi connectivity index (χ2n) is 6.16. The van der Waals surface area contributed by atoms with Gasteiger partial charge in [0.1, 0.15) is 0 Å². The molecule has 0 saturated carbocycles. The summed E-state index contributed by atoms with van der Waals surface area (Å²) in [5, 5.41) is 1.53. The van der Waals surface area contributed by atoms with Crippen molar-refractivity contribution < 1.29 is 4.79 Å². The molecule has 1 aromatic carbocycles. The Morgan fingerprint density at radius 1 is 1.00 bits per heavy atom. The number of benzene rings is 1. The van der Waals surface area contributed by atoms with E-state index in [2.05, 4.69) is 45.9 Å². The molecule has 0 aliphatic rings. The molecule has 1 aromatic rings. The van der Waals surface area contributed by atoms with Gasteiger partial charge in [-0.05, 0) is 18.4 Å². The van der Waals surface area contributed by atoms with E-state index in [1.54, 1.807) is 0 Å². The summed E-state index contributed by atoms with van der Waals surface area (Å²) in [5.74, 6) is 0. The zero-order valence-electron chi connectivity index (χ0n) is 14.8. The van der Waals surface area contributed by atoms with Crippen LogP contribution >= 0.6 is 0 Å². The van der Waals surface area contributed by atoms with Crippen LogP contribution in [0.25, 0.3) is 5.20 Å². The molecule has 22 heavy (non-hydrogen) atoms. The Labute approximate surface area is 137 Å². The lowest BCUT2D eigenvalue weighted by Gasteiger charge is -2.32. The van der Waals surface area contributed by atoms with Gasteiger partial charge in [-0.1, -0.05) is 94.2 Å². The van der Waals surface area contributed by atoms with Gasteiger partial charge in [-0.25, -0.2) is 0 Å². The molecule has 0 aliphatic carbocycles. The van der Waals surface area contributed by atoms with Crippen LogP contribution in [0.15, 0.2) is 30.3 Å². The molecular weight excluding hydrogens is 284 g/mol. The van der Waals surface area contributed by atoms with Gasteiger partial charge in [0.2, 0.25) is 0 Å². The van der Waals surface area contributed by atoms with Crippen molar-refractivity contribution in [3.05, 3.63) is 41.5 Å². The van der Waals surface area contributed by atoms with Gasteiger partial charge in [-0.2, -0.15) is 0 Å². The second kappa shape index (κ2) is 9.78. The van der Waals surface area contributed by atoms with E-state index in [-0.39, 0.29) is 0 Å². The van der Waals surface area contributed by atoms with Gasteiger partial charge in [-0.3, -0.25) is 4.79 Å². The Morgan fingerprint density at radius 3 is 2.18 bits per heavy atom. The van der Waals surface area contributed by atoms with Gasteiger partial charge in [0.25, 0.3) is 0 Å². The molecule has 0 spiro atoms. The number of unbranched alkanes of at least 4 members (excludes halogenated alkanes) is 3. The standard InChI is InChI=1S/C20H32OSi/c1-5-9-10-11-16-20(22(6-2,7-3)8-4)19-15-13-12-14-18(19)17-21/h12-17H,5-11H2,1-4H3/b20-16-. The van der Waals surface area contributed by atoms with E-state index in [1.807, 2.05) is 12.1 Å². The zero-order chi connectivity index (χ0) is 16.4. The summed E-state index contributed by atoms with van der Waals surface area (Å²) in [7, 11) is -1.49. The molecule has 0 atom stereocenters. The van der Waals surface area contributed by atoms with Crippen molar-refractivity contribution in [3.63, 3.8) is 0 Å². The molecular formula is C20H32OSi. The number of allylic oxidation sites excluding steroid dienone is 1. The maximum absolute atomic E-state index is 11.5. The van der Waals surface area contributed by atoms with E-state index in [1.165, 1.54) is 48.2 Å². The molecule has 122 valence electrons. The van der Waals surface area contributed by atoms with Gasteiger partial charge >= 0.3 is 0 Å². The van der Waals surface area contributed by atoms with Crippen LogP contribution in [0.3, 0.4) is 0 Å². The molecule has 1 nitrogen and oxygen atoms in total. The molecule has 0 unspecified atom stereocenters. The third-order valence-electron chi connectivity index (χ3n) is 5.14. The van der Waals surface area contributed by atoms with Crippen molar-refractivity contribution in [1.82, 2.24) is 0 Å². The van der Waals surface area contributed by atoms with Crippen molar-refractivity contribution in [2.45, 2.75) is 71.5 Å². The number of hydrogen-bond acceptors (Lipinski definition) is 1. The summed E-state index contributed by atoms with van der Waals surface area (Å²) in [4.78, 5) is 11.5. The monoisotopic (exact) mass is 316 g/mol. The molecule has 0 heterocycles. The highest BCUT2D eigenvalue weighted by atomic mass is 28.3. The maximum atomic E-state index is 11.5. The van der Waals surface area contributed by atoms with Crippen molar-refractivity contribution in [2.24, 2.45) is 0 Å². The van der Waals surface area contributed by atoms with Crippen LogP contribution in [0, 0.1) is 0 Å². The van der Waals surface area contributed by atoms with E-state index in [0.717, 1.165) is 18.3 Å². The van der Waals surface area contributed by atoms with Crippen molar-refractivity contribution in [1.29, 1.82) is 0 Å². The number of hydrogen-bond donors (Lipinski definition) is 0. The first kappa shape index (κ1) is 18.9. The summed E-state index contributed by atoms with van der Waals surface area (Å²) in [5.41, 5.74) is 2.06. The molecule has 0 fully saturated rings. The van der Waals surface area contributed by atoms with Crippen molar-refractivity contribution in [3.8, 4) is 0 Å². The maximum Gasteiger partial charge on any atom is 0.150 e. The second-order valence-corrected chi connectivity index (χ2v) is 11.4. The fraction of sp³-hybridized carbons (Fsp3) is 0.550. The predicted molar refractivity (Wildman–Crippen MR) is 101 cm³/mol. The van der Waals surface area contributed by atoms with Crippen LogP contribution in [0.1, 0.15) is 69.3 Å². The molecule has 0 saturated heterocycles. The Bertz CT molecular complexity index is 478. The minimum absolute atomic E-state index is 0.858. The van der Waals surface area contributed by atoms with Crippen molar-refractivity contribution in [2.75, 3.05) is 0 Å². The summed E-state index contributed by atoms with van der Waals surface area (Å²) in [6, 6.07) is 11.9. The molecule has 0 N–H and O–H groups in total. The number of rotatable bonds is 10. The highest BCUT2D eigenvalue weighted by Gasteiger charge is 2.32. The SMILES string of the molecule is CCCCC/C=C(/c1ccccc1C=O)[Si](CC)(CC)CC. The third-order valence-corrected chi connectivity index (χ3v) is 10.8. The van der Waals surface area contributed by atoms with Gasteiger partial charge in [0, 0.05) is 5.56 Å². The van der Waals surface area contributed by atoms with Crippen LogP contribution < -0.4 is 0 Å². The Balaban J connectivity index is 3.29. The average Bonchev–Trinajstić information content (AvgIpc) is 2.58. The number of carbonyl (C=O) groups excluding carboxylic acids is 1. The first-order valence-electron chi connectivity index (χ1n) is 8.94. The van der Waals surface area contributed by atoms with E-state index < -0.39 is 8.07 Å². The first-order chi connectivity index (χ1) is 10.7. The van der Waals surface area contributed by atoms with Crippen LogP contribution in [-0.4, -0.2) is 14.4 Å². The zero-order valence-corrected chi connectivity index (χ0v) is 15.8. The molecule has 0 radical (unpaired) electrons. The Kier molecular flexibility index (Phi) is 8.40. The minimum atomic E-state index is -1.49. The Morgan fingerprint density at radius 2 is 1.64 bits per heavy atom. The number of carbonyl (C=O) groups is 1. The van der Waals surface area contributed by atoms with Crippen molar-refractivity contribution >= 4 is 19.6 Å². The van der Waals surface area contributed by atoms with Crippen LogP contribution in [0.4, 0.5) is 0 Å². The average molecular weight is 317 g/mol. The lowest BCUT2D eigenvalue weighted by Crippen LogP contribution is -2.34. The van der Waals surface area contributed by atoms with Gasteiger partial charge in [0.15, 0.2) is 6.29 Å². The molecule has 2 heteroatoms. The van der Waals surface area contributed by atoms with Crippen LogP contribution in [0.2, 0.25) is 18.1 Å². The van der Waals surface area contributed by atoms with E-state index in [9.17, 15) is 4.79 Å². The lowest BCUT2D eigenvalue weighted by molar-refractivity contribution is 0.112. The van der Waals surface area contributed by atoms with E-state index >= 15 is 0 Å². The van der Waals surface area contributed by atoms with E-state index in [0.29, 0.717) is 0 Å². The lowest BCUT2D eigenvalue weighted by atomic mass is 10.1.